The molecule has 14 heavy (non-hydrogen) atoms. The molecule has 0 spiro atoms. The van der Waals surface area contributed by atoms with Crippen LogP contribution < -0.4 is 4.74 Å². The molecule has 1 aromatic rings. The van der Waals surface area contributed by atoms with Gasteiger partial charge in [-0.05, 0) is 38.1 Å². The number of hydrogen-bond acceptors (Lipinski definition) is 2. The molecule has 0 heterocycles. The number of hydrogen-bond donors (Lipinski definition) is 1. The van der Waals surface area contributed by atoms with Gasteiger partial charge in [0.2, 0.25) is 0 Å². The summed E-state index contributed by atoms with van der Waals surface area (Å²) in [5.41, 5.74) is -0.674. The quantitative estimate of drug-likeness (QED) is 0.835. The van der Waals surface area contributed by atoms with Crippen molar-refractivity contribution in [2.75, 3.05) is 6.61 Å². The van der Waals surface area contributed by atoms with Gasteiger partial charge in [0.25, 0.3) is 0 Å². The average Bonchev–Trinajstić information content (AvgIpc) is 2.06. The summed E-state index contributed by atoms with van der Waals surface area (Å²) in [4.78, 5) is 0. The first-order valence-corrected chi connectivity index (χ1v) is 4.96. The largest absolute Gasteiger partial charge is 0.493 e. The van der Waals surface area contributed by atoms with E-state index < -0.39 is 5.60 Å². The molecule has 0 saturated heterocycles. The summed E-state index contributed by atoms with van der Waals surface area (Å²) >= 11 is 5.72. The highest BCUT2D eigenvalue weighted by Gasteiger charge is 2.11. The second-order valence-corrected chi connectivity index (χ2v) is 4.30. The van der Waals surface area contributed by atoms with Crippen LogP contribution >= 0.6 is 11.6 Å². The molecule has 78 valence electrons. The Morgan fingerprint density at radius 2 is 1.86 bits per heavy atom. The van der Waals surface area contributed by atoms with Crippen LogP contribution in [0.2, 0.25) is 5.02 Å². The lowest BCUT2D eigenvalue weighted by Gasteiger charge is -2.16. The van der Waals surface area contributed by atoms with Crippen LogP contribution in [-0.4, -0.2) is 17.3 Å². The van der Waals surface area contributed by atoms with Crippen molar-refractivity contribution < 1.29 is 9.84 Å². The van der Waals surface area contributed by atoms with Crippen LogP contribution in [0.1, 0.15) is 20.3 Å². The molecule has 2 nitrogen and oxygen atoms in total. The van der Waals surface area contributed by atoms with Gasteiger partial charge in [-0.25, -0.2) is 0 Å². The molecular formula is C11H15ClO2. The second-order valence-electron chi connectivity index (χ2n) is 3.86. The highest BCUT2D eigenvalue weighted by molar-refractivity contribution is 6.30. The fourth-order valence-electron chi connectivity index (χ4n) is 0.949. The highest BCUT2D eigenvalue weighted by atomic mass is 35.5. The summed E-state index contributed by atoms with van der Waals surface area (Å²) in [6.45, 7) is 4.03. The molecule has 0 aliphatic rings. The third-order valence-electron chi connectivity index (χ3n) is 1.80. The van der Waals surface area contributed by atoms with Gasteiger partial charge in [-0.1, -0.05) is 11.6 Å². The van der Waals surface area contributed by atoms with Crippen molar-refractivity contribution in [3.63, 3.8) is 0 Å². The van der Waals surface area contributed by atoms with E-state index >= 15 is 0 Å². The van der Waals surface area contributed by atoms with Crippen molar-refractivity contribution in [3.05, 3.63) is 29.3 Å². The molecular weight excluding hydrogens is 200 g/mol. The second kappa shape index (κ2) is 4.67. The molecule has 0 aliphatic carbocycles. The summed E-state index contributed by atoms with van der Waals surface area (Å²) in [6.07, 6.45) is 0.607. The summed E-state index contributed by atoms with van der Waals surface area (Å²) in [7, 11) is 0. The molecule has 0 amide bonds. The Kier molecular flexibility index (Phi) is 3.78. The van der Waals surface area contributed by atoms with Crippen LogP contribution in [0.15, 0.2) is 24.3 Å². The average molecular weight is 215 g/mol. The van der Waals surface area contributed by atoms with Crippen molar-refractivity contribution in [3.8, 4) is 5.75 Å². The molecule has 3 heteroatoms. The van der Waals surface area contributed by atoms with Gasteiger partial charge >= 0.3 is 0 Å². The molecule has 1 N–H and O–H groups in total. The molecule has 0 unspecified atom stereocenters. The van der Waals surface area contributed by atoms with E-state index in [2.05, 4.69) is 0 Å². The Morgan fingerprint density at radius 3 is 2.36 bits per heavy atom. The zero-order chi connectivity index (χ0) is 10.6. The molecule has 1 aromatic carbocycles. The minimum atomic E-state index is -0.674. The van der Waals surface area contributed by atoms with Crippen molar-refractivity contribution in [1.82, 2.24) is 0 Å². The molecule has 0 atom stereocenters. The standard InChI is InChI=1S/C11H15ClO2/c1-11(2,13)7-8-14-10-5-3-9(12)4-6-10/h3-6,13H,7-8H2,1-2H3. The fraction of sp³-hybridized carbons (Fsp3) is 0.455. The normalized spacial score (nSPS) is 11.4. The van der Waals surface area contributed by atoms with Crippen LogP contribution in [0.3, 0.4) is 0 Å². The minimum Gasteiger partial charge on any atom is -0.493 e. The Labute approximate surface area is 89.5 Å². The molecule has 0 saturated carbocycles. The van der Waals surface area contributed by atoms with E-state index in [1.807, 2.05) is 12.1 Å². The van der Waals surface area contributed by atoms with Crippen molar-refractivity contribution in [2.24, 2.45) is 0 Å². The Hall–Kier alpha value is -0.730. The van der Waals surface area contributed by atoms with Gasteiger partial charge in [-0.3, -0.25) is 0 Å². The van der Waals surface area contributed by atoms with Crippen LogP contribution in [-0.2, 0) is 0 Å². The van der Waals surface area contributed by atoms with Gasteiger partial charge in [0.15, 0.2) is 0 Å². The number of benzene rings is 1. The lowest BCUT2D eigenvalue weighted by atomic mass is 10.1. The summed E-state index contributed by atoms with van der Waals surface area (Å²) in [6, 6.07) is 7.18. The SMILES string of the molecule is CC(C)(O)CCOc1ccc(Cl)cc1. The number of ether oxygens (including phenoxy) is 1. The summed E-state index contributed by atoms with van der Waals surface area (Å²) in [5.74, 6) is 0.777. The minimum absolute atomic E-state index is 0.505. The highest BCUT2D eigenvalue weighted by Crippen LogP contribution is 2.16. The van der Waals surface area contributed by atoms with E-state index in [4.69, 9.17) is 16.3 Å². The smallest absolute Gasteiger partial charge is 0.119 e. The van der Waals surface area contributed by atoms with Gasteiger partial charge in [-0.15, -0.1) is 0 Å². The Bertz CT molecular complexity index is 274. The van der Waals surface area contributed by atoms with Crippen LogP contribution in [0.5, 0.6) is 5.75 Å². The summed E-state index contributed by atoms with van der Waals surface area (Å²) in [5, 5.41) is 10.1. The first kappa shape index (κ1) is 11.3. The van der Waals surface area contributed by atoms with Crippen molar-refractivity contribution in [1.29, 1.82) is 0 Å². The fourth-order valence-corrected chi connectivity index (χ4v) is 1.08. The van der Waals surface area contributed by atoms with Crippen molar-refractivity contribution >= 4 is 11.6 Å². The molecule has 0 radical (unpaired) electrons. The van der Waals surface area contributed by atoms with E-state index in [1.165, 1.54) is 0 Å². The molecule has 0 fully saturated rings. The maximum Gasteiger partial charge on any atom is 0.119 e. The third kappa shape index (κ3) is 4.49. The van der Waals surface area contributed by atoms with Gasteiger partial charge in [0.05, 0.1) is 12.2 Å². The zero-order valence-corrected chi connectivity index (χ0v) is 9.21. The first-order chi connectivity index (χ1) is 6.47. The number of rotatable bonds is 4. The van der Waals surface area contributed by atoms with Crippen LogP contribution in [0.25, 0.3) is 0 Å². The van der Waals surface area contributed by atoms with E-state index in [9.17, 15) is 5.11 Å². The number of halogens is 1. The van der Waals surface area contributed by atoms with E-state index in [0.717, 1.165) is 5.75 Å². The third-order valence-corrected chi connectivity index (χ3v) is 2.05. The van der Waals surface area contributed by atoms with Crippen LogP contribution in [0.4, 0.5) is 0 Å². The van der Waals surface area contributed by atoms with Crippen LogP contribution in [0, 0.1) is 0 Å². The van der Waals surface area contributed by atoms with E-state index in [0.29, 0.717) is 18.1 Å². The predicted molar refractivity (Wildman–Crippen MR) is 57.9 cm³/mol. The monoisotopic (exact) mass is 214 g/mol. The Morgan fingerprint density at radius 1 is 1.29 bits per heavy atom. The van der Waals surface area contributed by atoms with Gasteiger partial charge < -0.3 is 9.84 Å². The van der Waals surface area contributed by atoms with Gasteiger partial charge in [0.1, 0.15) is 5.75 Å². The van der Waals surface area contributed by atoms with Crippen molar-refractivity contribution in [2.45, 2.75) is 25.9 Å². The predicted octanol–water partition coefficient (Wildman–Crippen LogP) is 2.88. The Balaban J connectivity index is 2.35. The van der Waals surface area contributed by atoms with E-state index in [-0.39, 0.29) is 0 Å². The molecule has 0 aromatic heterocycles. The van der Waals surface area contributed by atoms with E-state index in [1.54, 1.807) is 26.0 Å². The van der Waals surface area contributed by atoms with Gasteiger partial charge in [0, 0.05) is 11.4 Å². The topological polar surface area (TPSA) is 29.5 Å². The molecule has 0 aliphatic heterocycles. The lowest BCUT2D eigenvalue weighted by molar-refractivity contribution is 0.0553. The maximum absolute atomic E-state index is 9.44. The molecule has 0 bridgehead atoms. The zero-order valence-electron chi connectivity index (χ0n) is 8.46. The summed E-state index contributed by atoms with van der Waals surface area (Å²) < 4.78 is 5.42. The first-order valence-electron chi connectivity index (χ1n) is 4.58. The lowest BCUT2D eigenvalue weighted by Crippen LogP contribution is -2.21. The number of aliphatic hydroxyl groups is 1. The van der Waals surface area contributed by atoms with Gasteiger partial charge in [-0.2, -0.15) is 0 Å². The molecule has 1 rings (SSSR count). The maximum atomic E-state index is 9.44.